The van der Waals surface area contributed by atoms with Gasteiger partial charge in [0.1, 0.15) is 0 Å². The van der Waals surface area contributed by atoms with Crippen LogP contribution in [0.5, 0.6) is 0 Å². The lowest BCUT2D eigenvalue weighted by atomic mass is 9.89. The summed E-state index contributed by atoms with van der Waals surface area (Å²) in [6, 6.07) is 19.3. The third kappa shape index (κ3) is 4.69. The summed E-state index contributed by atoms with van der Waals surface area (Å²) in [4.78, 5) is 1.07. The molecular formula is C25H19ClF6N2OS. The van der Waals surface area contributed by atoms with E-state index in [9.17, 15) is 31.4 Å². The minimum absolute atomic E-state index is 0.0839. The highest BCUT2D eigenvalue weighted by Crippen LogP contribution is 2.49. The third-order valence-electron chi connectivity index (χ3n) is 5.97. The summed E-state index contributed by atoms with van der Waals surface area (Å²) < 4.78 is 81.5. The molecule has 1 N–H and O–H groups in total. The molecule has 1 aliphatic heterocycles. The number of nitrogens with zero attached hydrogens (tertiary/aromatic N) is 2. The van der Waals surface area contributed by atoms with Crippen LogP contribution in [-0.2, 0) is 0 Å². The summed E-state index contributed by atoms with van der Waals surface area (Å²) in [5, 5.41) is 14.7. The molecule has 3 nitrogen and oxygen atoms in total. The van der Waals surface area contributed by atoms with Crippen LogP contribution in [0.1, 0.15) is 18.0 Å². The number of hydrazone groups is 1. The number of para-hydroxylation sites is 1. The van der Waals surface area contributed by atoms with Gasteiger partial charge in [-0.15, -0.1) is 11.8 Å². The van der Waals surface area contributed by atoms with E-state index < -0.39 is 36.1 Å². The zero-order valence-corrected chi connectivity index (χ0v) is 20.2. The first-order valence-corrected chi connectivity index (χ1v) is 12.2. The van der Waals surface area contributed by atoms with Gasteiger partial charge in [0.2, 0.25) is 0 Å². The van der Waals surface area contributed by atoms with Crippen molar-refractivity contribution in [3.8, 4) is 11.1 Å². The third-order valence-corrected chi connectivity index (χ3v) is 7.03. The second-order valence-electron chi connectivity index (χ2n) is 8.12. The summed E-state index contributed by atoms with van der Waals surface area (Å²) in [5.74, 6) is 0. The molecule has 0 fully saturated rings. The molecule has 3 aromatic carbocycles. The molecule has 0 aliphatic carbocycles. The van der Waals surface area contributed by atoms with Crippen molar-refractivity contribution >= 4 is 34.8 Å². The molecule has 0 bridgehead atoms. The molecule has 0 spiro atoms. The molecule has 1 aliphatic rings. The van der Waals surface area contributed by atoms with E-state index in [1.807, 2.05) is 30.5 Å². The highest BCUT2D eigenvalue weighted by atomic mass is 35.5. The minimum atomic E-state index is -6.03. The van der Waals surface area contributed by atoms with Crippen LogP contribution in [0, 0.1) is 0 Å². The fourth-order valence-electron chi connectivity index (χ4n) is 4.02. The fraction of sp³-hybridized carbons (Fsp3) is 0.240. The number of halogens is 7. The van der Waals surface area contributed by atoms with Gasteiger partial charge in [0.15, 0.2) is 0 Å². The first-order chi connectivity index (χ1) is 16.9. The Kier molecular flexibility index (Phi) is 7.07. The Labute approximate surface area is 212 Å². The van der Waals surface area contributed by atoms with Crippen LogP contribution in [0.15, 0.2) is 82.8 Å². The number of thioether (sulfide) groups is 1. The number of aliphatic hydroxyl groups is 1. The molecule has 190 valence electrons. The summed E-state index contributed by atoms with van der Waals surface area (Å²) in [5.41, 5.74) is -4.32. The molecule has 0 aromatic heterocycles. The zero-order chi connectivity index (χ0) is 26.3. The van der Waals surface area contributed by atoms with E-state index in [1.165, 1.54) is 18.2 Å². The van der Waals surface area contributed by atoms with Crippen molar-refractivity contribution in [2.75, 3.05) is 11.3 Å². The van der Waals surface area contributed by atoms with Crippen LogP contribution in [0.2, 0.25) is 5.02 Å². The van der Waals surface area contributed by atoms with Gasteiger partial charge in [0, 0.05) is 11.3 Å². The molecule has 0 radical (unpaired) electrons. The average molecular weight is 545 g/mol. The standard InChI is InChI=1S/C25H19ClF6N2OS/c1-36-18-12-10-16(11-13-18)15-6-8-17(9-7-15)21-14-22(23(35,24(27,28)29)25(30,31)32)33-34(21)20-5-3-2-4-19(20)26/h2-13,21,35H,14H2,1H3. The molecule has 1 unspecified atom stereocenters. The van der Waals surface area contributed by atoms with Gasteiger partial charge in [-0.2, -0.15) is 31.4 Å². The van der Waals surface area contributed by atoms with Gasteiger partial charge in [-0.3, -0.25) is 5.01 Å². The Balaban J connectivity index is 1.76. The van der Waals surface area contributed by atoms with Crippen molar-refractivity contribution in [2.24, 2.45) is 5.10 Å². The van der Waals surface area contributed by atoms with Gasteiger partial charge < -0.3 is 5.11 Å². The Morgan fingerprint density at radius 2 is 1.39 bits per heavy atom. The van der Waals surface area contributed by atoms with E-state index >= 15 is 0 Å². The van der Waals surface area contributed by atoms with E-state index in [0.29, 0.717) is 5.56 Å². The van der Waals surface area contributed by atoms with Crippen LogP contribution in [0.25, 0.3) is 11.1 Å². The first kappa shape index (κ1) is 26.4. The number of benzene rings is 3. The average Bonchev–Trinajstić information content (AvgIpc) is 3.28. The number of rotatable bonds is 5. The molecule has 11 heteroatoms. The Bertz CT molecular complexity index is 1250. The van der Waals surface area contributed by atoms with Crippen molar-refractivity contribution in [2.45, 2.75) is 35.3 Å². The van der Waals surface area contributed by atoms with E-state index in [4.69, 9.17) is 11.6 Å². The van der Waals surface area contributed by atoms with Crippen LogP contribution in [0.3, 0.4) is 0 Å². The summed E-state index contributed by atoms with van der Waals surface area (Å²) in [7, 11) is 0. The molecule has 0 saturated carbocycles. The van der Waals surface area contributed by atoms with Gasteiger partial charge in [0.05, 0.1) is 22.5 Å². The van der Waals surface area contributed by atoms with Crippen molar-refractivity contribution in [1.29, 1.82) is 0 Å². The van der Waals surface area contributed by atoms with Gasteiger partial charge in [-0.05, 0) is 47.2 Å². The zero-order valence-electron chi connectivity index (χ0n) is 18.6. The molecule has 36 heavy (non-hydrogen) atoms. The van der Waals surface area contributed by atoms with Crippen LogP contribution < -0.4 is 5.01 Å². The summed E-state index contributed by atoms with van der Waals surface area (Å²) in [6.07, 6.45) is -10.9. The Morgan fingerprint density at radius 3 is 1.89 bits per heavy atom. The Morgan fingerprint density at radius 1 is 0.861 bits per heavy atom. The van der Waals surface area contributed by atoms with Gasteiger partial charge in [-0.1, -0.05) is 60.1 Å². The maximum atomic E-state index is 13.6. The lowest BCUT2D eigenvalue weighted by molar-refractivity contribution is -0.338. The predicted molar refractivity (Wildman–Crippen MR) is 129 cm³/mol. The van der Waals surface area contributed by atoms with Crippen LogP contribution >= 0.6 is 23.4 Å². The van der Waals surface area contributed by atoms with Gasteiger partial charge in [0.25, 0.3) is 5.60 Å². The van der Waals surface area contributed by atoms with Gasteiger partial charge in [-0.25, -0.2) is 0 Å². The molecule has 0 saturated heterocycles. The highest BCUT2D eigenvalue weighted by Gasteiger charge is 2.74. The number of hydrogen-bond acceptors (Lipinski definition) is 4. The van der Waals surface area contributed by atoms with Crippen molar-refractivity contribution in [3.63, 3.8) is 0 Å². The van der Waals surface area contributed by atoms with Crippen LogP contribution in [0.4, 0.5) is 32.0 Å². The monoisotopic (exact) mass is 544 g/mol. The number of alkyl halides is 6. The molecule has 4 rings (SSSR count). The quantitative estimate of drug-likeness (QED) is 0.262. The van der Waals surface area contributed by atoms with Crippen LogP contribution in [-0.4, -0.2) is 35.0 Å². The number of hydrogen-bond donors (Lipinski definition) is 1. The largest absolute Gasteiger partial charge is 0.431 e. The molecule has 0 amide bonds. The smallest absolute Gasteiger partial charge is 0.369 e. The lowest BCUT2D eigenvalue weighted by Gasteiger charge is -2.32. The number of anilines is 1. The van der Waals surface area contributed by atoms with Crippen molar-refractivity contribution in [1.82, 2.24) is 0 Å². The fourth-order valence-corrected chi connectivity index (χ4v) is 4.65. The van der Waals surface area contributed by atoms with Crippen molar-refractivity contribution in [3.05, 3.63) is 83.4 Å². The second kappa shape index (κ2) is 9.64. The maximum Gasteiger partial charge on any atom is 0.431 e. The topological polar surface area (TPSA) is 35.8 Å². The predicted octanol–water partition coefficient (Wildman–Crippen LogP) is 7.89. The normalized spacial score (nSPS) is 16.9. The van der Waals surface area contributed by atoms with E-state index in [2.05, 4.69) is 5.10 Å². The highest BCUT2D eigenvalue weighted by molar-refractivity contribution is 7.98. The Hall–Kier alpha value is -2.69. The van der Waals surface area contributed by atoms with Gasteiger partial charge >= 0.3 is 12.4 Å². The summed E-state index contributed by atoms with van der Waals surface area (Å²) in [6.45, 7) is 0. The molecule has 1 atom stereocenters. The summed E-state index contributed by atoms with van der Waals surface area (Å²) >= 11 is 7.80. The maximum absolute atomic E-state index is 13.6. The first-order valence-electron chi connectivity index (χ1n) is 10.6. The van der Waals surface area contributed by atoms with E-state index in [-0.39, 0.29) is 10.7 Å². The van der Waals surface area contributed by atoms with Crippen molar-refractivity contribution < 1.29 is 31.4 Å². The lowest BCUT2D eigenvalue weighted by Crippen LogP contribution is -2.62. The van der Waals surface area contributed by atoms with E-state index in [0.717, 1.165) is 21.0 Å². The SMILES string of the molecule is CSc1ccc(-c2ccc(C3CC(C(O)(C(F)(F)F)C(F)(F)F)=NN3c3ccccc3Cl)cc2)cc1. The van der Waals surface area contributed by atoms with E-state index in [1.54, 1.807) is 42.1 Å². The molecule has 3 aromatic rings. The minimum Gasteiger partial charge on any atom is -0.369 e. The second-order valence-corrected chi connectivity index (χ2v) is 9.41. The molecule has 1 heterocycles. The molecular weight excluding hydrogens is 526 g/mol.